The van der Waals surface area contributed by atoms with Crippen molar-refractivity contribution in [2.45, 2.75) is 19.2 Å². The second-order valence-electron chi connectivity index (χ2n) is 7.61. The zero-order valence-electron chi connectivity index (χ0n) is 18.3. The highest BCUT2D eigenvalue weighted by Gasteiger charge is 2.33. The summed E-state index contributed by atoms with van der Waals surface area (Å²) in [6.45, 7) is 0.997. The quantitative estimate of drug-likeness (QED) is 0.366. The van der Waals surface area contributed by atoms with E-state index in [2.05, 4.69) is 20.4 Å². The molecule has 0 fully saturated rings. The van der Waals surface area contributed by atoms with Crippen molar-refractivity contribution >= 4 is 17.2 Å². The van der Waals surface area contributed by atoms with E-state index in [1.807, 2.05) is 0 Å². The van der Waals surface area contributed by atoms with Crippen molar-refractivity contribution in [1.29, 1.82) is 0 Å². The number of fused-ring (bicyclic) bond motifs is 1. The fourth-order valence-corrected chi connectivity index (χ4v) is 3.34. The predicted molar refractivity (Wildman–Crippen MR) is 119 cm³/mol. The summed E-state index contributed by atoms with van der Waals surface area (Å²) in [5.41, 5.74) is 0.163. The first-order chi connectivity index (χ1) is 16.7. The molecule has 182 valence electrons. The summed E-state index contributed by atoms with van der Waals surface area (Å²) in [7, 11) is 0. The summed E-state index contributed by atoms with van der Waals surface area (Å²) in [5.74, 6) is -0.492. The van der Waals surface area contributed by atoms with Gasteiger partial charge in [0.2, 0.25) is 5.88 Å². The number of aliphatic hydroxyl groups excluding tert-OH is 2. The van der Waals surface area contributed by atoms with Crippen LogP contribution in [0.3, 0.4) is 0 Å². The molecule has 1 aromatic carbocycles. The van der Waals surface area contributed by atoms with E-state index in [9.17, 15) is 23.1 Å². The van der Waals surface area contributed by atoms with Crippen LogP contribution < -0.4 is 10.1 Å². The van der Waals surface area contributed by atoms with E-state index in [1.165, 1.54) is 47.1 Å². The molecule has 0 saturated heterocycles. The standard InChI is InChI=1S/C23H20F3N5O4/c1-13-8-14(9-21(28-13)35-12-15(33)11-32)29-22(34)19-10-27-20-7-6-18(30-31(19)20)16-4-2-3-5-17(16)23(24,25)26/h2-10,15,32-33H,11-12H2,1H3,(H,28,29,34)/t15-/m1/s1. The van der Waals surface area contributed by atoms with Crippen molar-refractivity contribution in [2.24, 2.45) is 0 Å². The molecule has 0 spiro atoms. The van der Waals surface area contributed by atoms with E-state index >= 15 is 0 Å². The number of benzene rings is 1. The highest BCUT2D eigenvalue weighted by atomic mass is 19.4. The Morgan fingerprint density at radius 1 is 1.20 bits per heavy atom. The Bertz CT molecular complexity index is 1370. The summed E-state index contributed by atoms with van der Waals surface area (Å²) in [4.78, 5) is 21.2. The van der Waals surface area contributed by atoms with Gasteiger partial charge in [-0.2, -0.15) is 18.3 Å². The molecule has 3 aromatic heterocycles. The summed E-state index contributed by atoms with van der Waals surface area (Å²) < 4.78 is 46.9. The summed E-state index contributed by atoms with van der Waals surface area (Å²) in [5, 5.41) is 25.2. The van der Waals surface area contributed by atoms with Gasteiger partial charge < -0.3 is 20.3 Å². The first-order valence-corrected chi connectivity index (χ1v) is 10.4. The minimum absolute atomic E-state index is 0.000948. The summed E-state index contributed by atoms with van der Waals surface area (Å²) in [6.07, 6.45) is -4.40. The number of anilines is 1. The zero-order valence-corrected chi connectivity index (χ0v) is 18.3. The number of alkyl halides is 3. The minimum atomic E-state index is -4.57. The Morgan fingerprint density at radius 3 is 2.71 bits per heavy atom. The van der Waals surface area contributed by atoms with Gasteiger partial charge >= 0.3 is 6.18 Å². The van der Waals surface area contributed by atoms with Crippen molar-refractivity contribution < 1.29 is 32.9 Å². The number of aliphatic hydroxyl groups is 2. The van der Waals surface area contributed by atoms with Gasteiger partial charge in [-0.15, -0.1) is 0 Å². The van der Waals surface area contributed by atoms with Crippen molar-refractivity contribution in [3.05, 3.63) is 71.7 Å². The monoisotopic (exact) mass is 487 g/mol. The topological polar surface area (TPSA) is 122 Å². The third-order valence-corrected chi connectivity index (χ3v) is 4.93. The Labute approximate surface area is 196 Å². The molecule has 9 nitrogen and oxygen atoms in total. The Balaban J connectivity index is 1.63. The maximum atomic E-state index is 13.5. The fraction of sp³-hybridized carbons (Fsp3) is 0.217. The molecule has 4 aromatic rings. The Kier molecular flexibility index (Phi) is 6.67. The number of nitrogens with one attached hydrogen (secondary N) is 1. The van der Waals surface area contributed by atoms with Crippen molar-refractivity contribution in [1.82, 2.24) is 19.6 Å². The van der Waals surface area contributed by atoms with Gasteiger partial charge in [0.25, 0.3) is 5.91 Å². The largest absolute Gasteiger partial charge is 0.475 e. The number of ether oxygens (including phenoxy) is 1. The molecule has 0 aliphatic rings. The van der Waals surface area contributed by atoms with Crippen LogP contribution in [0.1, 0.15) is 21.7 Å². The average Bonchev–Trinajstić information content (AvgIpc) is 3.25. The number of nitrogens with zero attached hydrogens (tertiary/aromatic N) is 4. The molecule has 1 amide bonds. The van der Waals surface area contributed by atoms with E-state index in [4.69, 9.17) is 9.84 Å². The normalized spacial score (nSPS) is 12.5. The Morgan fingerprint density at radius 2 is 1.97 bits per heavy atom. The molecule has 0 unspecified atom stereocenters. The number of pyridine rings is 1. The maximum Gasteiger partial charge on any atom is 0.417 e. The first-order valence-electron chi connectivity index (χ1n) is 10.4. The number of halogens is 3. The highest BCUT2D eigenvalue weighted by Crippen LogP contribution is 2.36. The van der Waals surface area contributed by atoms with Gasteiger partial charge in [0.1, 0.15) is 12.7 Å². The lowest BCUT2D eigenvalue weighted by Gasteiger charge is -2.13. The van der Waals surface area contributed by atoms with Crippen LogP contribution in [0.5, 0.6) is 5.88 Å². The van der Waals surface area contributed by atoms with Crippen LogP contribution >= 0.6 is 0 Å². The molecule has 3 heterocycles. The van der Waals surface area contributed by atoms with E-state index in [1.54, 1.807) is 13.0 Å². The number of hydrogen-bond donors (Lipinski definition) is 3. The van der Waals surface area contributed by atoms with Gasteiger partial charge in [0, 0.05) is 23.0 Å². The second-order valence-corrected chi connectivity index (χ2v) is 7.61. The lowest BCUT2D eigenvalue weighted by molar-refractivity contribution is -0.137. The molecule has 35 heavy (non-hydrogen) atoms. The van der Waals surface area contributed by atoms with E-state index in [0.717, 1.165) is 6.07 Å². The van der Waals surface area contributed by atoms with E-state index < -0.39 is 30.4 Å². The molecule has 0 aliphatic carbocycles. The number of rotatable bonds is 7. The third kappa shape index (κ3) is 5.39. The molecule has 0 saturated carbocycles. The maximum absolute atomic E-state index is 13.5. The van der Waals surface area contributed by atoms with Gasteiger partial charge in [-0.05, 0) is 31.2 Å². The predicted octanol–water partition coefficient (Wildman–Crippen LogP) is 3.10. The van der Waals surface area contributed by atoms with Crippen LogP contribution in [0.15, 0.2) is 54.7 Å². The third-order valence-electron chi connectivity index (χ3n) is 4.93. The molecule has 12 heteroatoms. The molecule has 0 radical (unpaired) electrons. The number of amides is 1. The van der Waals surface area contributed by atoms with E-state index in [-0.39, 0.29) is 35.1 Å². The molecule has 0 bridgehead atoms. The number of hydrogen-bond acceptors (Lipinski definition) is 7. The lowest BCUT2D eigenvalue weighted by atomic mass is 10.0. The molecule has 1 atom stereocenters. The van der Waals surface area contributed by atoms with Gasteiger partial charge in [-0.3, -0.25) is 4.79 Å². The molecular weight excluding hydrogens is 467 g/mol. The zero-order chi connectivity index (χ0) is 25.2. The Hall–Kier alpha value is -4.03. The van der Waals surface area contributed by atoms with Crippen molar-refractivity contribution in [3.63, 3.8) is 0 Å². The van der Waals surface area contributed by atoms with Crippen LogP contribution in [-0.2, 0) is 6.18 Å². The SMILES string of the molecule is Cc1cc(NC(=O)c2cnc3ccc(-c4ccccc4C(F)(F)F)nn23)cc(OC[C@H](O)CO)n1. The number of carbonyl (C=O) groups is 1. The van der Waals surface area contributed by atoms with E-state index in [0.29, 0.717) is 11.4 Å². The number of aryl methyl sites for hydroxylation is 1. The summed E-state index contributed by atoms with van der Waals surface area (Å²) in [6, 6.07) is 10.9. The lowest BCUT2D eigenvalue weighted by Crippen LogP contribution is -2.22. The summed E-state index contributed by atoms with van der Waals surface area (Å²) >= 11 is 0. The van der Waals surface area contributed by atoms with Gasteiger partial charge in [-0.25, -0.2) is 14.5 Å². The number of imidazole rings is 1. The van der Waals surface area contributed by atoms with Gasteiger partial charge in [0.15, 0.2) is 11.3 Å². The van der Waals surface area contributed by atoms with Crippen molar-refractivity contribution in [2.75, 3.05) is 18.5 Å². The number of carbonyl (C=O) groups excluding carboxylic acids is 1. The minimum Gasteiger partial charge on any atom is -0.475 e. The van der Waals surface area contributed by atoms with Gasteiger partial charge in [0.05, 0.1) is 24.1 Å². The molecule has 3 N–H and O–H groups in total. The van der Waals surface area contributed by atoms with Crippen LogP contribution in [0.2, 0.25) is 0 Å². The van der Waals surface area contributed by atoms with Crippen LogP contribution in [-0.4, -0.2) is 55.0 Å². The smallest absolute Gasteiger partial charge is 0.417 e. The first kappa shape index (κ1) is 24.1. The molecular formula is C23H20F3N5O4. The second kappa shape index (κ2) is 9.68. The molecule has 0 aliphatic heterocycles. The van der Waals surface area contributed by atoms with Crippen molar-refractivity contribution in [3.8, 4) is 17.1 Å². The van der Waals surface area contributed by atoms with Crippen LogP contribution in [0, 0.1) is 6.92 Å². The van der Waals surface area contributed by atoms with Gasteiger partial charge in [-0.1, -0.05) is 18.2 Å². The molecule has 4 rings (SSSR count). The average molecular weight is 487 g/mol. The highest BCUT2D eigenvalue weighted by molar-refractivity contribution is 6.03. The van der Waals surface area contributed by atoms with Crippen LogP contribution in [0.25, 0.3) is 16.9 Å². The fourth-order valence-electron chi connectivity index (χ4n) is 3.34. The number of aromatic nitrogens is 4. The van der Waals surface area contributed by atoms with Crippen LogP contribution in [0.4, 0.5) is 18.9 Å².